The van der Waals surface area contributed by atoms with Crippen LogP contribution in [0.3, 0.4) is 0 Å². The van der Waals surface area contributed by atoms with Gasteiger partial charge in [-0.25, -0.2) is 28.8 Å². The predicted molar refractivity (Wildman–Crippen MR) is 352 cm³/mol. The Balaban J connectivity index is 0.868. The number of anilines is 3. The number of aryl methyl sites for hydroxylation is 1. The number of benzene rings is 3. The van der Waals surface area contributed by atoms with Gasteiger partial charge in [0.2, 0.25) is 5.91 Å². The van der Waals surface area contributed by atoms with Gasteiger partial charge in [-0.3, -0.25) is 33.7 Å². The molecule has 3 aromatic carbocycles. The van der Waals surface area contributed by atoms with Crippen LogP contribution in [0.2, 0.25) is 0 Å². The summed E-state index contributed by atoms with van der Waals surface area (Å²) in [6.45, 7) is 5.73. The van der Waals surface area contributed by atoms with Crippen LogP contribution in [0, 0.1) is 18.8 Å². The highest BCUT2D eigenvalue weighted by Crippen LogP contribution is 2.47. The summed E-state index contributed by atoms with van der Waals surface area (Å²) in [6.07, 6.45) is 4.78. The molecule has 10 amide bonds. The molecule has 6 aromatic rings. The molecule has 0 spiro atoms. The topological polar surface area (TPSA) is 381 Å². The summed E-state index contributed by atoms with van der Waals surface area (Å²) in [7, 11) is 3.05. The summed E-state index contributed by atoms with van der Waals surface area (Å²) in [4.78, 5) is 141. The highest BCUT2D eigenvalue weighted by molar-refractivity contribution is 6.19. The summed E-state index contributed by atoms with van der Waals surface area (Å²) in [5.74, 6) is -4.16. The molecule has 518 valence electrons. The van der Waals surface area contributed by atoms with Gasteiger partial charge in [0, 0.05) is 124 Å². The Morgan fingerprint density at radius 1 is 0.835 bits per heavy atom. The van der Waals surface area contributed by atoms with Gasteiger partial charge in [-0.2, -0.15) is 0 Å². The molecule has 0 saturated heterocycles. The lowest BCUT2D eigenvalue weighted by molar-refractivity contribution is -0.137. The van der Waals surface area contributed by atoms with Crippen LogP contribution in [0.15, 0.2) is 91.4 Å². The number of pyridine rings is 1. The highest BCUT2D eigenvalue weighted by atomic mass is 35.5. The molecular formula is C65H79ClN14O17. The van der Waals surface area contributed by atoms with E-state index < -0.39 is 77.5 Å². The molecule has 0 fully saturated rings. The molecule has 3 aromatic heterocycles. The molecule has 0 aliphatic carbocycles. The molecule has 0 radical (unpaired) electrons. The van der Waals surface area contributed by atoms with Gasteiger partial charge in [0.25, 0.3) is 23.6 Å². The summed E-state index contributed by atoms with van der Waals surface area (Å²) < 4.78 is 36.2. The van der Waals surface area contributed by atoms with E-state index in [0.29, 0.717) is 46.8 Å². The predicted octanol–water partition coefficient (Wildman–Crippen LogP) is 5.00. The normalized spacial score (nSPS) is 14.0. The first-order chi connectivity index (χ1) is 46.7. The maximum Gasteiger partial charge on any atom is 0.415 e. The minimum Gasteiger partial charge on any atom is -0.447 e. The molecule has 31 nitrogen and oxygen atoms in total. The standard InChI is InChI=1S/C65H79ClN14O17/c1-40(2)58(72-63(89)95-31-30-94-28-24-79-54(83)15-16-55(79)84)51(82)32-43(9-7-18-68-62(67)88)59(85)69-45-13-11-42(12-14-45)39-96-64(90)75(4)20-21-76(22-27-93-29-25-81)65(91)97-52-34-50-57(56-41(3)8-6-10-47(52)56)44(35-66)36-80(50)61(87)49-37-77-19-17-46(33-53(77)71-49)70-60(86)48-38-78(74-73-48)23-26-92-5/h6,8,10-17,19,33-34,37-38,40,43-44,58,81H,7,9,18,20-32,35-36,39H2,1-5H3,(H,69,85)(H,70,86)(H,72,89)(H3,67,68,88)/t43-,44-,58+/m1/s1. The Morgan fingerprint density at radius 2 is 1.60 bits per heavy atom. The lowest BCUT2D eigenvalue weighted by atomic mass is 9.89. The molecule has 97 heavy (non-hydrogen) atoms. The Bertz CT molecular complexity index is 3840. The first kappa shape index (κ1) is 72.7. The number of imide groups is 1. The zero-order valence-electron chi connectivity index (χ0n) is 54.4. The maximum absolute atomic E-state index is 14.7. The van der Waals surface area contributed by atoms with Crippen molar-refractivity contribution in [2.45, 2.75) is 65.1 Å². The van der Waals surface area contributed by atoms with Crippen LogP contribution < -0.4 is 36.6 Å². The van der Waals surface area contributed by atoms with E-state index in [0.717, 1.165) is 33.6 Å². The van der Waals surface area contributed by atoms with Gasteiger partial charge >= 0.3 is 24.3 Å². The van der Waals surface area contributed by atoms with E-state index in [2.05, 4.69) is 36.6 Å². The molecule has 8 rings (SSSR count). The number of Topliss-reactive ketones (excluding diaryl/α,β-unsaturated/α-hetero) is 1. The average Bonchev–Trinajstić information content (AvgIpc) is 1.62. The monoisotopic (exact) mass is 1360 g/mol. The number of fused-ring (bicyclic) bond motifs is 4. The van der Waals surface area contributed by atoms with Gasteiger partial charge < -0.3 is 79.6 Å². The lowest BCUT2D eigenvalue weighted by Crippen LogP contribution is -2.46. The number of ketones is 1. The van der Waals surface area contributed by atoms with Crippen LogP contribution in [-0.2, 0) is 56.0 Å². The highest BCUT2D eigenvalue weighted by Gasteiger charge is 2.38. The summed E-state index contributed by atoms with van der Waals surface area (Å²) in [6, 6.07) is 15.1. The number of aliphatic hydroxyl groups is 1. The smallest absolute Gasteiger partial charge is 0.415 e. The van der Waals surface area contributed by atoms with Crippen molar-refractivity contribution in [2.75, 3.05) is 121 Å². The maximum atomic E-state index is 14.7. The molecule has 0 unspecified atom stereocenters. The third-order valence-electron chi connectivity index (χ3n) is 15.9. The number of rotatable bonds is 35. The first-order valence-electron chi connectivity index (χ1n) is 31.3. The fourth-order valence-corrected chi connectivity index (χ4v) is 11.0. The number of primary amides is 1. The number of alkyl carbamates (subject to hydrolysis) is 1. The largest absolute Gasteiger partial charge is 0.447 e. The number of aliphatic hydroxyl groups excluding tert-OH is 1. The third-order valence-corrected chi connectivity index (χ3v) is 16.2. The Kier molecular flexibility index (Phi) is 26.3. The number of nitrogens with zero attached hydrogens (tertiary/aromatic N) is 9. The number of imidazole rings is 1. The van der Waals surface area contributed by atoms with E-state index in [9.17, 15) is 53.1 Å². The van der Waals surface area contributed by atoms with Crippen molar-refractivity contribution in [1.29, 1.82) is 0 Å². The minimum atomic E-state index is -1.04. The number of ether oxygens (including phenoxy) is 6. The third kappa shape index (κ3) is 19.8. The van der Waals surface area contributed by atoms with Gasteiger partial charge in [0.1, 0.15) is 30.3 Å². The van der Waals surface area contributed by atoms with E-state index in [1.165, 1.54) is 27.7 Å². The van der Waals surface area contributed by atoms with E-state index >= 15 is 0 Å². The molecule has 0 bridgehead atoms. The number of hydrogen-bond donors (Lipinski definition) is 6. The number of methoxy groups -OCH3 is 1. The van der Waals surface area contributed by atoms with E-state index in [4.69, 9.17) is 45.8 Å². The number of carbonyl (C=O) groups excluding carboxylic acids is 10. The van der Waals surface area contributed by atoms with Crippen molar-refractivity contribution in [3.05, 3.63) is 119 Å². The number of nitrogens with one attached hydrogen (secondary N) is 4. The SMILES string of the molecule is COCCn1cc(C(=O)Nc2ccn3cc(C(=O)N4C[C@@H](CCl)c5c4cc(OC(=O)N(CCOCCO)CCN(C)C(=O)OCc4ccc(NC(=O)[C@H](CCCNC(N)=O)CC(=O)[C@@H](NC(=O)OCCOCCN6C(=O)C=CC6=O)C(C)C)cc4)c4cccc(C)c54)nc3c2)nn1. The second-order valence-electron chi connectivity index (χ2n) is 23.1. The van der Waals surface area contributed by atoms with Crippen molar-refractivity contribution in [3.63, 3.8) is 0 Å². The fourth-order valence-electron chi connectivity index (χ4n) is 10.8. The van der Waals surface area contributed by atoms with Crippen LogP contribution in [0.25, 0.3) is 16.4 Å². The van der Waals surface area contributed by atoms with Gasteiger partial charge in [-0.15, -0.1) is 16.7 Å². The number of aromatic nitrogens is 5. The number of halogens is 1. The van der Waals surface area contributed by atoms with Crippen molar-refractivity contribution < 1.29 is 81.5 Å². The molecule has 5 heterocycles. The summed E-state index contributed by atoms with van der Waals surface area (Å²) in [5.41, 5.74) is 9.20. The molecule has 2 aliphatic heterocycles. The number of likely N-dealkylation sites (N-methyl/N-ethyl adjacent to an activating group) is 1. The zero-order valence-corrected chi connectivity index (χ0v) is 55.1. The quantitative estimate of drug-likeness (QED) is 0.0173. The molecule has 2 aliphatic rings. The van der Waals surface area contributed by atoms with Crippen molar-refractivity contribution in [3.8, 4) is 5.75 Å². The van der Waals surface area contributed by atoms with Gasteiger partial charge in [0.15, 0.2) is 11.5 Å². The number of amides is 10. The molecule has 3 atom stereocenters. The molecule has 7 N–H and O–H groups in total. The molecule has 0 saturated carbocycles. The van der Waals surface area contributed by atoms with Crippen molar-refractivity contribution >= 4 is 105 Å². The van der Waals surface area contributed by atoms with Crippen LogP contribution in [-0.4, -0.2) is 215 Å². The first-order valence-corrected chi connectivity index (χ1v) is 31.9. The number of nitrogens with two attached hydrogens (primary N) is 1. The van der Waals surface area contributed by atoms with Crippen molar-refractivity contribution in [2.24, 2.45) is 17.6 Å². The number of urea groups is 1. The zero-order chi connectivity index (χ0) is 69.7. The van der Waals surface area contributed by atoms with Gasteiger partial charge in [-0.05, 0) is 66.0 Å². The van der Waals surface area contributed by atoms with Gasteiger partial charge in [0.05, 0.1) is 70.7 Å². The van der Waals surface area contributed by atoms with E-state index in [1.807, 2.05) is 25.1 Å². The number of hydrogen-bond acceptors (Lipinski definition) is 20. The Morgan fingerprint density at radius 3 is 2.32 bits per heavy atom. The summed E-state index contributed by atoms with van der Waals surface area (Å²) >= 11 is 6.66. The van der Waals surface area contributed by atoms with Gasteiger partial charge in [-0.1, -0.05) is 49.4 Å². The number of alkyl halides is 1. The number of carbonyl (C=O) groups is 10. The van der Waals surface area contributed by atoms with E-state index in [-0.39, 0.29) is 134 Å². The fraction of sp³-hybridized carbons (Fsp3) is 0.431. The molecule has 32 heteroatoms. The average molecular weight is 1360 g/mol. The van der Waals surface area contributed by atoms with E-state index in [1.54, 1.807) is 85.1 Å². The van der Waals surface area contributed by atoms with Crippen LogP contribution in [0.5, 0.6) is 5.75 Å². The molecular weight excluding hydrogens is 1280 g/mol. The second-order valence-corrected chi connectivity index (χ2v) is 23.4. The lowest BCUT2D eigenvalue weighted by Gasteiger charge is -2.26. The van der Waals surface area contributed by atoms with Crippen LogP contribution >= 0.6 is 11.6 Å². The second kappa shape index (κ2) is 35.1. The summed E-state index contributed by atoms with van der Waals surface area (Å²) in [5, 5.41) is 29.3. The van der Waals surface area contributed by atoms with Crippen LogP contribution in [0.4, 0.5) is 36.2 Å². The Hall–Kier alpha value is -10.1. The Labute approximate surface area is 562 Å². The minimum absolute atomic E-state index is 0.00263. The van der Waals surface area contributed by atoms with Crippen LogP contribution in [0.1, 0.15) is 76.7 Å². The van der Waals surface area contributed by atoms with Crippen molar-refractivity contribution in [1.82, 2.24) is 49.7 Å².